The molecule has 2 aromatic heterocycles. The second kappa shape index (κ2) is 7.37. The molecule has 1 amide bonds. The first-order valence-electron chi connectivity index (χ1n) is 7.00. The van der Waals surface area contributed by atoms with E-state index in [2.05, 4.69) is 32.6 Å². The average Bonchev–Trinajstić information content (AvgIpc) is 2.91. The molecule has 0 bridgehead atoms. The largest absolute Gasteiger partial charge is 0.369 e. The number of hydrogen-bond acceptors (Lipinski definition) is 5. The van der Waals surface area contributed by atoms with E-state index in [1.165, 1.54) is 6.20 Å². The molecule has 0 radical (unpaired) electrons. The van der Waals surface area contributed by atoms with Gasteiger partial charge in [-0.3, -0.25) is 14.5 Å². The SMILES string of the molecule is CCCNc1cncc(C(=O)NCCc2cnn(C)c2)n1. The van der Waals surface area contributed by atoms with Crippen LogP contribution in [0.4, 0.5) is 5.82 Å². The predicted molar refractivity (Wildman–Crippen MR) is 80.1 cm³/mol. The highest BCUT2D eigenvalue weighted by molar-refractivity contribution is 5.92. The van der Waals surface area contributed by atoms with Crippen molar-refractivity contribution in [1.82, 2.24) is 25.1 Å². The van der Waals surface area contributed by atoms with Crippen LogP contribution >= 0.6 is 0 Å². The van der Waals surface area contributed by atoms with Crippen LogP contribution < -0.4 is 10.6 Å². The van der Waals surface area contributed by atoms with E-state index in [9.17, 15) is 4.79 Å². The highest BCUT2D eigenvalue weighted by Gasteiger charge is 2.08. The van der Waals surface area contributed by atoms with Gasteiger partial charge in [-0.15, -0.1) is 0 Å². The quantitative estimate of drug-likeness (QED) is 0.794. The van der Waals surface area contributed by atoms with Gasteiger partial charge < -0.3 is 10.6 Å². The number of aromatic nitrogens is 4. The standard InChI is InChI=1S/C14H20N6O/c1-3-5-16-13-9-15-8-12(19-13)14(21)17-6-4-11-7-18-20(2)10-11/h7-10H,3-6H2,1-2H3,(H,16,19)(H,17,21). The molecule has 0 saturated carbocycles. The molecule has 0 fully saturated rings. The van der Waals surface area contributed by atoms with Crippen molar-refractivity contribution in [3.05, 3.63) is 36.0 Å². The van der Waals surface area contributed by atoms with Crippen molar-refractivity contribution in [2.24, 2.45) is 7.05 Å². The zero-order chi connectivity index (χ0) is 15.1. The van der Waals surface area contributed by atoms with Gasteiger partial charge in [-0.05, 0) is 18.4 Å². The number of rotatable bonds is 7. The molecule has 0 aliphatic carbocycles. The first kappa shape index (κ1) is 15.0. The third kappa shape index (κ3) is 4.55. The van der Waals surface area contributed by atoms with Crippen molar-refractivity contribution >= 4 is 11.7 Å². The summed E-state index contributed by atoms with van der Waals surface area (Å²) < 4.78 is 1.74. The van der Waals surface area contributed by atoms with E-state index in [0.29, 0.717) is 18.1 Å². The Morgan fingerprint density at radius 2 is 2.14 bits per heavy atom. The highest BCUT2D eigenvalue weighted by atomic mass is 16.1. The van der Waals surface area contributed by atoms with Crippen LogP contribution in [0.1, 0.15) is 29.4 Å². The van der Waals surface area contributed by atoms with Gasteiger partial charge in [0.05, 0.1) is 18.6 Å². The molecule has 0 aliphatic heterocycles. The van der Waals surface area contributed by atoms with Gasteiger partial charge in [-0.1, -0.05) is 6.92 Å². The van der Waals surface area contributed by atoms with Crippen molar-refractivity contribution in [3.8, 4) is 0 Å². The molecule has 0 spiro atoms. The van der Waals surface area contributed by atoms with E-state index in [1.54, 1.807) is 17.1 Å². The summed E-state index contributed by atoms with van der Waals surface area (Å²) in [7, 11) is 1.87. The molecule has 0 atom stereocenters. The van der Waals surface area contributed by atoms with E-state index in [1.807, 2.05) is 13.2 Å². The van der Waals surface area contributed by atoms with E-state index >= 15 is 0 Å². The van der Waals surface area contributed by atoms with Gasteiger partial charge in [0.15, 0.2) is 0 Å². The maximum absolute atomic E-state index is 12.0. The van der Waals surface area contributed by atoms with Crippen LogP contribution in [-0.4, -0.2) is 38.7 Å². The minimum atomic E-state index is -0.216. The number of amides is 1. The number of anilines is 1. The van der Waals surface area contributed by atoms with Crippen LogP contribution in [-0.2, 0) is 13.5 Å². The molecule has 0 aromatic carbocycles. The molecule has 7 nitrogen and oxygen atoms in total. The summed E-state index contributed by atoms with van der Waals surface area (Å²) in [5.41, 5.74) is 1.41. The molecular weight excluding hydrogens is 268 g/mol. The number of carbonyl (C=O) groups is 1. The lowest BCUT2D eigenvalue weighted by Crippen LogP contribution is -2.26. The molecule has 2 heterocycles. The number of nitrogens with one attached hydrogen (secondary N) is 2. The number of nitrogens with zero attached hydrogens (tertiary/aromatic N) is 4. The van der Waals surface area contributed by atoms with E-state index in [4.69, 9.17) is 0 Å². The minimum absolute atomic E-state index is 0.216. The summed E-state index contributed by atoms with van der Waals surface area (Å²) in [5, 5.41) is 10.0. The topological polar surface area (TPSA) is 84.7 Å². The molecule has 2 rings (SSSR count). The normalized spacial score (nSPS) is 10.4. The lowest BCUT2D eigenvalue weighted by atomic mass is 10.2. The second-order valence-electron chi connectivity index (χ2n) is 4.74. The third-order valence-electron chi connectivity index (χ3n) is 2.88. The summed E-state index contributed by atoms with van der Waals surface area (Å²) >= 11 is 0. The smallest absolute Gasteiger partial charge is 0.271 e. The van der Waals surface area contributed by atoms with Gasteiger partial charge in [0.2, 0.25) is 0 Å². The fourth-order valence-electron chi connectivity index (χ4n) is 1.83. The van der Waals surface area contributed by atoms with Crippen LogP contribution in [0.15, 0.2) is 24.8 Å². The zero-order valence-electron chi connectivity index (χ0n) is 12.3. The molecule has 21 heavy (non-hydrogen) atoms. The Bertz CT molecular complexity index is 595. The summed E-state index contributed by atoms with van der Waals surface area (Å²) in [5.74, 6) is 0.406. The Hall–Kier alpha value is -2.44. The average molecular weight is 288 g/mol. The minimum Gasteiger partial charge on any atom is -0.369 e. The van der Waals surface area contributed by atoms with Crippen molar-refractivity contribution in [2.45, 2.75) is 19.8 Å². The lowest BCUT2D eigenvalue weighted by molar-refractivity contribution is 0.0949. The van der Waals surface area contributed by atoms with Crippen LogP contribution in [0, 0.1) is 0 Å². The van der Waals surface area contributed by atoms with Gasteiger partial charge in [0, 0.05) is 26.3 Å². The number of hydrogen-bond donors (Lipinski definition) is 2. The van der Waals surface area contributed by atoms with Crippen LogP contribution in [0.5, 0.6) is 0 Å². The molecule has 0 unspecified atom stereocenters. The van der Waals surface area contributed by atoms with Gasteiger partial charge >= 0.3 is 0 Å². The van der Waals surface area contributed by atoms with E-state index in [-0.39, 0.29) is 5.91 Å². The Balaban J connectivity index is 1.85. The van der Waals surface area contributed by atoms with Crippen LogP contribution in [0.3, 0.4) is 0 Å². The van der Waals surface area contributed by atoms with Crippen LogP contribution in [0.2, 0.25) is 0 Å². The predicted octanol–water partition coefficient (Wildman–Crippen LogP) is 1.00. The van der Waals surface area contributed by atoms with Gasteiger partial charge in [0.25, 0.3) is 5.91 Å². The molecule has 2 aromatic rings. The van der Waals surface area contributed by atoms with E-state index in [0.717, 1.165) is 24.9 Å². The maximum Gasteiger partial charge on any atom is 0.271 e. The zero-order valence-corrected chi connectivity index (χ0v) is 12.3. The van der Waals surface area contributed by atoms with Crippen molar-refractivity contribution < 1.29 is 4.79 Å². The summed E-state index contributed by atoms with van der Waals surface area (Å²) in [6, 6.07) is 0. The first-order chi connectivity index (χ1) is 10.2. The highest BCUT2D eigenvalue weighted by Crippen LogP contribution is 2.02. The molecule has 2 N–H and O–H groups in total. The molecule has 0 aliphatic rings. The van der Waals surface area contributed by atoms with Crippen molar-refractivity contribution in [2.75, 3.05) is 18.4 Å². The Morgan fingerprint density at radius 3 is 2.86 bits per heavy atom. The Kier molecular flexibility index (Phi) is 5.25. The fourth-order valence-corrected chi connectivity index (χ4v) is 1.83. The molecule has 0 saturated heterocycles. The third-order valence-corrected chi connectivity index (χ3v) is 2.88. The summed E-state index contributed by atoms with van der Waals surface area (Å²) in [6.45, 7) is 3.41. The second-order valence-corrected chi connectivity index (χ2v) is 4.74. The Morgan fingerprint density at radius 1 is 1.29 bits per heavy atom. The molecular formula is C14H20N6O. The lowest BCUT2D eigenvalue weighted by Gasteiger charge is -2.06. The van der Waals surface area contributed by atoms with Crippen molar-refractivity contribution in [3.63, 3.8) is 0 Å². The first-order valence-corrected chi connectivity index (χ1v) is 7.00. The van der Waals surface area contributed by atoms with Crippen LogP contribution in [0.25, 0.3) is 0 Å². The summed E-state index contributed by atoms with van der Waals surface area (Å²) in [6.07, 6.45) is 8.53. The van der Waals surface area contributed by atoms with E-state index < -0.39 is 0 Å². The number of carbonyl (C=O) groups excluding carboxylic acids is 1. The fraction of sp³-hybridized carbons (Fsp3) is 0.429. The Labute approximate surface area is 123 Å². The van der Waals surface area contributed by atoms with Gasteiger partial charge in [-0.2, -0.15) is 5.10 Å². The molecule has 7 heteroatoms. The molecule has 112 valence electrons. The van der Waals surface area contributed by atoms with Gasteiger partial charge in [0.1, 0.15) is 11.5 Å². The van der Waals surface area contributed by atoms with Crippen molar-refractivity contribution in [1.29, 1.82) is 0 Å². The summed E-state index contributed by atoms with van der Waals surface area (Å²) in [4.78, 5) is 20.3. The number of aryl methyl sites for hydroxylation is 1. The van der Waals surface area contributed by atoms with Gasteiger partial charge in [-0.25, -0.2) is 4.98 Å². The monoisotopic (exact) mass is 288 g/mol. The maximum atomic E-state index is 12.0.